The van der Waals surface area contributed by atoms with Crippen LogP contribution >= 0.6 is 0 Å². The molecular weight excluding hydrogens is 464 g/mol. The molecule has 0 saturated heterocycles. The number of rotatable bonds is 11. The van der Waals surface area contributed by atoms with Crippen LogP contribution in [0.2, 0.25) is 0 Å². The van der Waals surface area contributed by atoms with Crippen molar-refractivity contribution in [3.8, 4) is 11.5 Å². The average molecular weight is 497 g/mol. The third-order valence-electron chi connectivity index (χ3n) is 5.34. The molecule has 35 heavy (non-hydrogen) atoms. The third kappa shape index (κ3) is 6.54. The van der Waals surface area contributed by atoms with Crippen LogP contribution in [0.4, 0.5) is 5.69 Å². The van der Waals surface area contributed by atoms with Crippen LogP contribution in [0.5, 0.6) is 11.5 Å². The van der Waals surface area contributed by atoms with E-state index in [-0.39, 0.29) is 24.1 Å². The molecule has 3 aromatic carbocycles. The zero-order chi connectivity index (χ0) is 25.4. The molecule has 7 nitrogen and oxygen atoms in total. The van der Waals surface area contributed by atoms with E-state index in [1.54, 1.807) is 49.6 Å². The second kappa shape index (κ2) is 11.8. The van der Waals surface area contributed by atoms with E-state index in [1.807, 2.05) is 39.0 Å². The Hall–Kier alpha value is -3.52. The van der Waals surface area contributed by atoms with Crippen molar-refractivity contribution in [3.63, 3.8) is 0 Å². The molecule has 1 N–H and O–H groups in total. The average Bonchev–Trinajstić information content (AvgIpc) is 2.86. The predicted octanol–water partition coefficient (Wildman–Crippen LogP) is 4.56. The number of hydrogen-bond donors (Lipinski definition) is 1. The van der Waals surface area contributed by atoms with Gasteiger partial charge in [0.15, 0.2) is 11.5 Å². The van der Waals surface area contributed by atoms with Crippen LogP contribution in [0.15, 0.2) is 77.7 Å². The van der Waals surface area contributed by atoms with Crippen LogP contribution in [0.3, 0.4) is 0 Å². The van der Waals surface area contributed by atoms with Crippen LogP contribution in [-0.2, 0) is 27.8 Å². The summed E-state index contributed by atoms with van der Waals surface area (Å²) in [5.41, 5.74) is 2.13. The highest BCUT2D eigenvalue weighted by atomic mass is 32.2. The van der Waals surface area contributed by atoms with E-state index in [9.17, 15) is 13.2 Å². The maximum Gasteiger partial charge on any atom is 0.264 e. The zero-order valence-corrected chi connectivity index (χ0v) is 21.3. The molecular formula is C27H32N2O5S. The lowest BCUT2D eigenvalue weighted by Crippen LogP contribution is -2.41. The minimum atomic E-state index is -3.96. The van der Waals surface area contributed by atoms with Crippen molar-refractivity contribution >= 4 is 21.6 Å². The van der Waals surface area contributed by atoms with Gasteiger partial charge in [-0.3, -0.25) is 9.10 Å². The molecule has 0 atom stereocenters. The molecule has 0 radical (unpaired) electrons. The quantitative estimate of drug-likeness (QED) is 0.421. The van der Waals surface area contributed by atoms with Gasteiger partial charge in [-0.2, -0.15) is 0 Å². The largest absolute Gasteiger partial charge is 0.493 e. The number of carbonyl (C=O) groups excluding carboxylic acids is 1. The van der Waals surface area contributed by atoms with Crippen molar-refractivity contribution in [2.45, 2.75) is 44.7 Å². The fraction of sp³-hybridized carbons (Fsp3) is 0.296. The highest BCUT2D eigenvalue weighted by molar-refractivity contribution is 7.92. The van der Waals surface area contributed by atoms with Crippen molar-refractivity contribution in [2.75, 3.05) is 18.0 Å². The normalized spacial score (nSPS) is 11.2. The molecule has 0 spiro atoms. The number of benzene rings is 3. The van der Waals surface area contributed by atoms with Gasteiger partial charge in [0.1, 0.15) is 6.54 Å². The summed E-state index contributed by atoms with van der Waals surface area (Å²) >= 11 is 0. The Kier molecular flexibility index (Phi) is 8.76. The van der Waals surface area contributed by atoms with E-state index in [1.165, 1.54) is 16.4 Å². The first-order valence-corrected chi connectivity index (χ1v) is 13.0. The minimum absolute atomic E-state index is 0.00185. The van der Waals surface area contributed by atoms with Crippen molar-refractivity contribution < 1.29 is 22.7 Å². The summed E-state index contributed by atoms with van der Waals surface area (Å²) in [6, 6.07) is 20.8. The molecule has 0 saturated carbocycles. The maximum absolute atomic E-state index is 13.5. The summed E-state index contributed by atoms with van der Waals surface area (Å²) in [4.78, 5) is 13.1. The molecule has 8 heteroatoms. The Morgan fingerprint density at radius 1 is 0.971 bits per heavy atom. The lowest BCUT2D eigenvalue weighted by Gasteiger charge is -2.26. The lowest BCUT2D eigenvalue weighted by atomic mass is 10.1. The maximum atomic E-state index is 13.5. The summed E-state index contributed by atoms with van der Waals surface area (Å²) in [7, 11) is -2.40. The number of nitrogens with zero attached hydrogens (tertiary/aromatic N) is 1. The van der Waals surface area contributed by atoms with Gasteiger partial charge < -0.3 is 14.8 Å². The summed E-state index contributed by atoms with van der Waals surface area (Å²) < 4.78 is 39.4. The monoisotopic (exact) mass is 496 g/mol. The van der Waals surface area contributed by atoms with Gasteiger partial charge in [0.2, 0.25) is 5.91 Å². The Morgan fingerprint density at radius 3 is 2.31 bits per heavy atom. The number of aryl methyl sites for hydroxylation is 1. The van der Waals surface area contributed by atoms with E-state index in [4.69, 9.17) is 9.47 Å². The van der Waals surface area contributed by atoms with Crippen LogP contribution in [0, 0.1) is 0 Å². The smallest absolute Gasteiger partial charge is 0.264 e. The first kappa shape index (κ1) is 26.1. The Labute approximate surface area is 207 Å². The fourth-order valence-corrected chi connectivity index (χ4v) is 5.11. The van der Waals surface area contributed by atoms with Crippen molar-refractivity contribution in [1.29, 1.82) is 0 Å². The molecule has 0 aliphatic rings. The standard InChI is InChI=1S/C27H32N2O5S/c1-5-22-11-9-10-14-24(22)29(35(31,32)23-12-7-6-8-13-23)19-27(30)28-18-21-15-16-25(34-20(2)3)26(17-21)33-4/h6-17,20H,5,18-19H2,1-4H3,(H,28,30). The molecule has 186 valence electrons. The molecule has 3 rings (SSSR count). The summed E-state index contributed by atoms with van der Waals surface area (Å²) in [5, 5.41) is 2.83. The molecule has 0 heterocycles. The fourth-order valence-electron chi connectivity index (χ4n) is 3.63. The van der Waals surface area contributed by atoms with Gasteiger partial charge in [-0.1, -0.05) is 49.4 Å². The summed E-state index contributed by atoms with van der Waals surface area (Å²) in [6.07, 6.45) is 0.626. The first-order chi connectivity index (χ1) is 16.8. The molecule has 3 aromatic rings. The number of para-hydroxylation sites is 1. The number of methoxy groups -OCH3 is 1. The Balaban J connectivity index is 1.83. The van der Waals surface area contributed by atoms with Gasteiger partial charge in [-0.25, -0.2) is 8.42 Å². The zero-order valence-electron chi connectivity index (χ0n) is 20.5. The van der Waals surface area contributed by atoms with Gasteiger partial charge in [-0.15, -0.1) is 0 Å². The van der Waals surface area contributed by atoms with Crippen molar-refractivity contribution in [3.05, 3.63) is 83.9 Å². The SMILES string of the molecule is CCc1ccccc1N(CC(=O)NCc1ccc(OC(C)C)c(OC)c1)S(=O)(=O)c1ccccc1. The number of amides is 1. The van der Waals surface area contributed by atoms with Gasteiger partial charge >= 0.3 is 0 Å². The molecule has 1 amide bonds. The Morgan fingerprint density at radius 2 is 1.66 bits per heavy atom. The van der Waals surface area contributed by atoms with E-state index >= 15 is 0 Å². The van der Waals surface area contributed by atoms with Crippen molar-refractivity contribution in [1.82, 2.24) is 5.32 Å². The first-order valence-electron chi connectivity index (χ1n) is 11.5. The topological polar surface area (TPSA) is 84.9 Å². The number of nitrogens with one attached hydrogen (secondary N) is 1. The molecule has 0 fully saturated rings. The van der Waals surface area contributed by atoms with Gasteiger partial charge in [-0.05, 0) is 61.7 Å². The molecule has 0 aliphatic carbocycles. The lowest BCUT2D eigenvalue weighted by molar-refractivity contribution is -0.119. The van der Waals surface area contributed by atoms with E-state index in [2.05, 4.69) is 5.32 Å². The molecule has 0 bridgehead atoms. The van der Waals surface area contributed by atoms with Gasteiger partial charge in [0.25, 0.3) is 10.0 Å². The number of ether oxygens (including phenoxy) is 2. The number of carbonyl (C=O) groups is 1. The van der Waals surface area contributed by atoms with Crippen LogP contribution in [0.25, 0.3) is 0 Å². The highest BCUT2D eigenvalue weighted by Crippen LogP contribution is 2.29. The third-order valence-corrected chi connectivity index (χ3v) is 7.11. The predicted molar refractivity (Wildman–Crippen MR) is 137 cm³/mol. The summed E-state index contributed by atoms with van der Waals surface area (Å²) in [6.45, 7) is 5.68. The minimum Gasteiger partial charge on any atom is -0.493 e. The van der Waals surface area contributed by atoms with Gasteiger partial charge in [0, 0.05) is 6.54 Å². The second-order valence-corrected chi connectivity index (χ2v) is 10.1. The Bertz CT molecular complexity index is 1240. The number of hydrogen-bond acceptors (Lipinski definition) is 5. The van der Waals surface area contributed by atoms with Crippen LogP contribution in [0.1, 0.15) is 31.9 Å². The molecule has 0 aromatic heterocycles. The summed E-state index contributed by atoms with van der Waals surface area (Å²) in [5.74, 6) is 0.765. The second-order valence-electron chi connectivity index (χ2n) is 8.24. The molecule has 0 unspecified atom stereocenters. The van der Waals surface area contributed by atoms with Gasteiger partial charge in [0.05, 0.1) is 23.8 Å². The molecule has 0 aliphatic heterocycles. The van der Waals surface area contributed by atoms with E-state index < -0.39 is 15.9 Å². The van der Waals surface area contributed by atoms with E-state index in [0.717, 1.165) is 11.1 Å². The van der Waals surface area contributed by atoms with Crippen LogP contribution in [-0.4, -0.2) is 34.1 Å². The van der Waals surface area contributed by atoms with E-state index in [0.29, 0.717) is 23.6 Å². The number of sulfonamides is 1. The van der Waals surface area contributed by atoms with Crippen molar-refractivity contribution in [2.24, 2.45) is 0 Å². The number of anilines is 1. The van der Waals surface area contributed by atoms with Crippen LogP contribution < -0.4 is 19.1 Å². The highest BCUT2D eigenvalue weighted by Gasteiger charge is 2.28.